The van der Waals surface area contributed by atoms with Gasteiger partial charge in [0, 0.05) is 5.02 Å². The molecule has 1 aliphatic carbocycles. The summed E-state index contributed by atoms with van der Waals surface area (Å²) in [6, 6.07) is 3.38. The second-order valence-corrected chi connectivity index (χ2v) is 5.44. The van der Waals surface area contributed by atoms with Crippen LogP contribution in [0.2, 0.25) is 5.02 Å². The van der Waals surface area contributed by atoms with Crippen molar-refractivity contribution in [2.45, 2.75) is 24.7 Å². The number of aliphatic carboxylic acids is 1. The molecule has 1 N–H and O–H groups in total. The third kappa shape index (κ3) is 1.93. The molecule has 0 aliphatic heterocycles. The van der Waals surface area contributed by atoms with Crippen LogP contribution in [0.3, 0.4) is 0 Å². The molecule has 3 nitrogen and oxygen atoms in total. The summed E-state index contributed by atoms with van der Waals surface area (Å²) in [5.74, 6) is -0.228. The molecule has 1 saturated carbocycles. The van der Waals surface area contributed by atoms with Crippen LogP contribution in [-0.2, 0) is 10.2 Å². The van der Waals surface area contributed by atoms with Crippen molar-refractivity contribution < 1.29 is 14.6 Å². The molecule has 92 valence electrons. The summed E-state index contributed by atoms with van der Waals surface area (Å²) < 4.78 is 5.87. The molecule has 1 fully saturated rings. The Morgan fingerprint density at radius 1 is 1.53 bits per heavy atom. The second kappa shape index (κ2) is 4.50. The van der Waals surface area contributed by atoms with Crippen molar-refractivity contribution in [2.75, 3.05) is 7.11 Å². The number of rotatable bonds is 3. The van der Waals surface area contributed by atoms with Gasteiger partial charge in [0.25, 0.3) is 0 Å². The molecule has 0 spiro atoms. The summed E-state index contributed by atoms with van der Waals surface area (Å²) >= 11 is 9.41. The summed E-state index contributed by atoms with van der Waals surface area (Å²) in [5, 5.41) is 9.90. The van der Waals surface area contributed by atoms with Crippen molar-refractivity contribution in [1.82, 2.24) is 0 Å². The molecule has 1 aliphatic rings. The van der Waals surface area contributed by atoms with E-state index >= 15 is 0 Å². The van der Waals surface area contributed by atoms with Crippen LogP contribution in [0, 0.1) is 0 Å². The van der Waals surface area contributed by atoms with Crippen LogP contribution in [0.5, 0.6) is 5.75 Å². The lowest BCUT2D eigenvalue weighted by atomic mass is 9.64. The van der Waals surface area contributed by atoms with E-state index in [1.54, 1.807) is 12.1 Å². The predicted molar refractivity (Wildman–Crippen MR) is 68.9 cm³/mol. The minimum atomic E-state index is -0.809. The SMILES string of the molecule is COc1cc(Cl)cc(C2(C(=O)O)CCC2)c1Br. The Labute approximate surface area is 113 Å². The Bertz CT molecular complexity index is 469. The minimum Gasteiger partial charge on any atom is -0.496 e. The van der Waals surface area contributed by atoms with Crippen molar-refractivity contribution in [2.24, 2.45) is 0 Å². The third-order valence-corrected chi connectivity index (χ3v) is 4.39. The predicted octanol–water partition coefficient (Wildman–Crippen LogP) is 3.62. The molecule has 0 bridgehead atoms. The Morgan fingerprint density at radius 2 is 2.18 bits per heavy atom. The van der Waals surface area contributed by atoms with Gasteiger partial charge in [-0.25, -0.2) is 0 Å². The monoisotopic (exact) mass is 318 g/mol. The van der Waals surface area contributed by atoms with Gasteiger partial charge in [-0.15, -0.1) is 0 Å². The Balaban J connectivity index is 2.58. The van der Waals surface area contributed by atoms with Gasteiger partial charge in [0.15, 0.2) is 0 Å². The van der Waals surface area contributed by atoms with E-state index in [4.69, 9.17) is 16.3 Å². The lowest BCUT2D eigenvalue weighted by Gasteiger charge is -2.39. The first-order valence-electron chi connectivity index (χ1n) is 5.28. The first-order chi connectivity index (χ1) is 8.01. The molecule has 0 aromatic heterocycles. The van der Waals surface area contributed by atoms with Crippen molar-refractivity contribution in [1.29, 1.82) is 0 Å². The van der Waals surface area contributed by atoms with Gasteiger partial charge in [0.05, 0.1) is 17.0 Å². The van der Waals surface area contributed by atoms with Crippen LogP contribution in [-0.4, -0.2) is 18.2 Å². The Morgan fingerprint density at radius 3 is 2.59 bits per heavy atom. The van der Waals surface area contributed by atoms with E-state index in [0.717, 1.165) is 6.42 Å². The fraction of sp³-hybridized carbons (Fsp3) is 0.417. The quantitative estimate of drug-likeness (QED) is 0.925. The second-order valence-electron chi connectivity index (χ2n) is 4.21. The maximum absolute atomic E-state index is 11.5. The number of methoxy groups -OCH3 is 1. The lowest BCUT2D eigenvalue weighted by Crippen LogP contribution is -2.42. The molecule has 5 heteroatoms. The smallest absolute Gasteiger partial charge is 0.314 e. The molecule has 1 aromatic rings. The summed E-state index contributed by atoms with van der Waals surface area (Å²) in [7, 11) is 1.54. The molecular formula is C12H12BrClO3. The first-order valence-corrected chi connectivity index (χ1v) is 6.45. The van der Waals surface area contributed by atoms with Gasteiger partial charge in [0.2, 0.25) is 0 Å². The number of ether oxygens (including phenoxy) is 1. The van der Waals surface area contributed by atoms with E-state index in [1.807, 2.05) is 0 Å². The highest BCUT2D eigenvalue weighted by molar-refractivity contribution is 9.10. The van der Waals surface area contributed by atoms with Crippen LogP contribution in [0.4, 0.5) is 0 Å². The van der Waals surface area contributed by atoms with Gasteiger partial charge < -0.3 is 9.84 Å². The Hall–Kier alpha value is -0.740. The fourth-order valence-electron chi connectivity index (χ4n) is 2.19. The molecule has 0 heterocycles. The van der Waals surface area contributed by atoms with Crippen LogP contribution < -0.4 is 4.74 Å². The van der Waals surface area contributed by atoms with E-state index in [0.29, 0.717) is 33.6 Å². The average Bonchev–Trinajstić information content (AvgIpc) is 2.20. The molecule has 0 amide bonds. The topological polar surface area (TPSA) is 46.5 Å². The molecule has 1 aromatic carbocycles. The van der Waals surface area contributed by atoms with Gasteiger partial charge in [-0.3, -0.25) is 4.79 Å². The third-order valence-electron chi connectivity index (χ3n) is 3.36. The van der Waals surface area contributed by atoms with Crippen LogP contribution in [0.15, 0.2) is 16.6 Å². The summed E-state index contributed by atoms with van der Waals surface area (Å²) in [4.78, 5) is 11.5. The van der Waals surface area contributed by atoms with Gasteiger partial charge in [-0.05, 0) is 46.5 Å². The highest BCUT2D eigenvalue weighted by atomic mass is 79.9. The van der Waals surface area contributed by atoms with Gasteiger partial charge >= 0.3 is 5.97 Å². The largest absolute Gasteiger partial charge is 0.496 e. The molecule has 2 rings (SSSR count). The highest BCUT2D eigenvalue weighted by Crippen LogP contribution is 2.49. The van der Waals surface area contributed by atoms with Crippen molar-refractivity contribution in [3.63, 3.8) is 0 Å². The number of hydrogen-bond acceptors (Lipinski definition) is 2. The van der Waals surface area contributed by atoms with Crippen molar-refractivity contribution >= 4 is 33.5 Å². The zero-order valence-electron chi connectivity index (χ0n) is 9.30. The van der Waals surface area contributed by atoms with Crippen LogP contribution in [0.1, 0.15) is 24.8 Å². The number of carbonyl (C=O) groups is 1. The van der Waals surface area contributed by atoms with E-state index in [1.165, 1.54) is 7.11 Å². The maximum Gasteiger partial charge on any atom is 0.314 e. The number of benzene rings is 1. The van der Waals surface area contributed by atoms with Crippen LogP contribution >= 0.6 is 27.5 Å². The normalized spacial score (nSPS) is 17.4. The number of hydrogen-bond donors (Lipinski definition) is 1. The standard InChI is InChI=1S/C12H12BrClO3/c1-17-9-6-7(14)5-8(10(9)13)12(11(15)16)3-2-4-12/h5-6H,2-4H2,1H3,(H,15,16). The molecule has 17 heavy (non-hydrogen) atoms. The van der Waals surface area contributed by atoms with E-state index < -0.39 is 11.4 Å². The molecule has 0 radical (unpaired) electrons. The number of carboxylic acids is 1. The molecule has 0 atom stereocenters. The minimum absolute atomic E-state index is 0.493. The zero-order chi connectivity index (χ0) is 12.6. The maximum atomic E-state index is 11.5. The Kier molecular flexibility index (Phi) is 3.36. The highest BCUT2D eigenvalue weighted by Gasteiger charge is 2.47. The van der Waals surface area contributed by atoms with E-state index in [2.05, 4.69) is 15.9 Å². The summed E-state index contributed by atoms with van der Waals surface area (Å²) in [6.07, 6.45) is 2.21. The van der Waals surface area contributed by atoms with E-state index in [-0.39, 0.29) is 0 Å². The zero-order valence-corrected chi connectivity index (χ0v) is 11.6. The number of carboxylic acid groups (broad SMARTS) is 1. The summed E-state index contributed by atoms with van der Waals surface area (Å²) in [6.45, 7) is 0. The first kappa shape index (κ1) is 12.7. The van der Waals surface area contributed by atoms with E-state index in [9.17, 15) is 9.90 Å². The molecule has 0 unspecified atom stereocenters. The fourth-order valence-corrected chi connectivity index (χ4v) is 3.17. The summed E-state index contributed by atoms with van der Waals surface area (Å²) in [5.41, 5.74) is -0.0996. The van der Waals surface area contributed by atoms with Gasteiger partial charge in [0.1, 0.15) is 5.75 Å². The number of halogens is 2. The average molecular weight is 320 g/mol. The van der Waals surface area contributed by atoms with Crippen LogP contribution in [0.25, 0.3) is 0 Å². The molecular weight excluding hydrogens is 307 g/mol. The van der Waals surface area contributed by atoms with Crippen molar-refractivity contribution in [3.8, 4) is 5.75 Å². The van der Waals surface area contributed by atoms with Gasteiger partial charge in [-0.1, -0.05) is 18.0 Å². The molecule has 0 saturated heterocycles. The van der Waals surface area contributed by atoms with Gasteiger partial charge in [-0.2, -0.15) is 0 Å². The lowest BCUT2D eigenvalue weighted by molar-refractivity contribution is -0.147. The van der Waals surface area contributed by atoms with Crippen molar-refractivity contribution in [3.05, 3.63) is 27.2 Å².